The molecule has 1 amide bonds. The van der Waals surface area contributed by atoms with Gasteiger partial charge in [-0.05, 0) is 31.7 Å². The Kier molecular flexibility index (Phi) is 5.98. The van der Waals surface area contributed by atoms with E-state index in [9.17, 15) is 9.59 Å². The fourth-order valence-corrected chi connectivity index (χ4v) is 4.61. The molecule has 1 fully saturated rings. The van der Waals surface area contributed by atoms with E-state index in [-0.39, 0.29) is 18.1 Å². The van der Waals surface area contributed by atoms with Crippen LogP contribution in [0.2, 0.25) is 0 Å². The van der Waals surface area contributed by atoms with E-state index in [1.165, 1.54) is 28.3 Å². The van der Waals surface area contributed by atoms with Crippen LogP contribution in [0.25, 0.3) is 4.96 Å². The molecule has 1 aliphatic heterocycles. The molecule has 1 aliphatic rings. The average Bonchev–Trinajstić information content (AvgIpc) is 3.16. The van der Waals surface area contributed by atoms with Crippen molar-refractivity contribution in [2.75, 3.05) is 24.6 Å². The molecule has 0 aliphatic carbocycles. The Morgan fingerprint density at radius 1 is 1.37 bits per heavy atom. The van der Waals surface area contributed by atoms with Gasteiger partial charge in [-0.3, -0.25) is 9.59 Å². The zero-order valence-corrected chi connectivity index (χ0v) is 17.9. The van der Waals surface area contributed by atoms with Crippen molar-refractivity contribution in [2.24, 2.45) is 5.92 Å². The first-order valence-corrected chi connectivity index (χ1v) is 11.0. The number of anilines is 1. The van der Waals surface area contributed by atoms with Crippen LogP contribution in [0.15, 0.2) is 35.1 Å². The largest absolute Gasteiger partial charge is 0.494 e. The molecule has 30 heavy (non-hydrogen) atoms. The minimum absolute atomic E-state index is 0.187. The maximum absolute atomic E-state index is 12.9. The normalized spacial score (nSPS) is 16.6. The van der Waals surface area contributed by atoms with Crippen LogP contribution < -0.4 is 20.5 Å². The molecule has 0 bridgehead atoms. The summed E-state index contributed by atoms with van der Waals surface area (Å²) in [6.45, 7) is 6.80. The molecule has 1 N–H and O–H groups in total. The minimum Gasteiger partial charge on any atom is -0.494 e. The van der Waals surface area contributed by atoms with Gasteiger partial charge < -0.3 is 15.0 Å². The van der Waals surface area contributed by atoms with Gasteiger partial charge in [0.2, 0.25) is 10.1 Å². The van der Waals surface area contributed by atoms with E-state index in [0.29, 0.717) is 17.5 Å². The molecule has 1 saturated heterocycles. The average molecular weight is 428 g/mol. The molecule has 0 unspecified atom stereocenters. The second-order valence-electron chi connectivity index (χ2n) is 7.48. The lowest BCUT2D eigenvalue weighted by atomic mass is 10.0. The Labute approximate surface area is 178 Å². The van der Waals surface area contributed by atoms with Gasteiger partial charge in [0.1, 0.15) is 11.4 Å². The van der Waals surface area contributed by atoms with Gasteiger partial charge in [0.15, 0.2) is 0 Å². The fourth-order valence-electron chi connectivity index (χ4n) is 3.67. The number of benzene rings is 1. The van der Waals surface area contributed by atoms with Gasteiger partial charge in [0.25, 0.3) is 11.5 Å². The summed E-state index contributed by atoms with van der Waals surface area (Å²) in [5, 5.41) is 8.27. The first-order valence-electron chi connectivity index (χ1n) is 10.2. The van der Waals surface area contributed by atoms with Crippen LogP contribution in [-0.4, -0.2) is 40.2 Å². The number of nitrogens with zero attached hydrogens (tertiary/aromatic N) is 4. The van der Waals surface area contributed by atoms with Crippen LogP contribution in [-0.2, 0) is 6.54 Å². The van der Waals surface area contributed by atoms with Crippen molar-refractivity contribution in [1.29, 1.82) is 0 Å². The summed E-state index contributed by atoms with van der Waals surface area (Å²) in [6, 6.07) is 8.79. The topological polar surface area (TPSA) is 88.8 Å². The van der Waals surface area contributed by atoms with Crippen molar-refractivity contribution in [2.45, 2.75) is 33.2 Å². The SMILES string of the molecule is CCOc1ccccc1CNC(=O)c1cc(=O)nc2sc(N3CCC[C@@H](C)C3)nn12. The van der Waals surface area contributed by atoms with Crippen LogP contribution in [0.1, 0.15) is 42.7 Å². The highest BCUT2D eigenvalue weighted by Gasteiger charge is 2.22. The van der Waals surface area contributed by atoms with E-state index in [4.69, 9.17) is 4.74 Å². The van der Waals surface area contributed by atoms with E-state index in [1.807, 2.05) is 31.2 Å². The minimum atomic E-state index is -0.447. The summed E-state index contributed by atoms with van der Waals surface area (Å²) in [6.07, 6.45) is 2.31. The van der Waals surface area contributed by atoms with E-state index in [0.717, 1.165) is 36.0 Å². The van der Waals surface area contributed by atoms with Gasteiger partial charge in [-0.1, -0.05) is 36.5 Å². The van der Waals surface area contributed by atoms with Gasteiger partial charge in [0, 0.05) is 31.3 Å². The Balaban J connectivity index is 1.58. The van der Waals surface area contributed by atoms with Gasteiger partial charge in [0.05, 0.1) is 6.61 Å². The predicted molar refractivity (Wildman–Crippen MR) is 117 cm³/mol. The van der Waals surface area contributed by atoms with Gasteiger partial charge in [-0.25, -0.2) is 0 Å². The molecule has 1 aromatic carbocycles. The number of hydrogen-bond donors (Lipinski definition) is 1. The molecule has 3 heterocycles. The standard InChI is InChI=1S/C21H25N5O3S/c1-3-29-17-9-5-4-8-15(17)12-22-19(28)16-11-18(27)23-20-26(16)24-21(30-20)25-10-6-7-14(2)13-25/h4-5,8-9,11,14H,3,6-7,10,12-13H2,1-2H3,(H,22,28)/t14-/m1/s1. The third kappa shape index (κ3) is 4.30. The highest BCUT2D eigenvalue weighted by Crippen LogP contribution is 2.27. The van der Waals surface area contributed by atoms with Crippen LogP contribution in [0, 0.1) is 5.92 Å². The third-order valence-corrected chi connectivity index (χ3v) is 6.08. The number of rotatable bonds is 6. The Morgan fingerprint density at radius 2 is 2.20 bits per heavy atom. The molecule has 158 valence electrons. The second-order valence-corrected chi connectivity index (χ2v) is 8.41. The van der Waals surface area contributed by atoms with E-state index < -0.39 is 5.56 Å². The number of fused-ring (bicyclic) bond motifs is 1. The monoisotopic (exact) mass is 427 g/mol. The van der Waals surface area contributed by atoms with Crippen molar-refractivity contribution in [3.05, 3.63) is 51.9 Å². The first-order chi connectivity index (χ1) is 14.5. The maximum atomic E-state index is 12.9. The summed E-state index contributed by atoms with van der Waals surface area (Å²) >= 11 is 1.34. The second kappa shape index (κ2) is 8.83. The van der Waals surface area contributed by atoms with Crippen LogP contribution in [0.4, 0.5) is 5.13 Å². The number of aromatic nitrogens is 3. The van der Waals surface area contributed by atoms with E-state index in [2.05, 4.69) is 27.2 Å². The van der Waals surface area contributed by atoms with E-state index in [1.54, 1.807) is 0 Å². The number of ether oxygens (including phenoxy) is 1. The van der Waals surface area contributed by atoms with Crippen molar-refractivity contribution >= 4 is 27.3 Å². The highest BCUT2D eigenvalue weighted by atomic mass is 32.1. The summed E-state index contributed by atoms with van der Waals surface area (Å²) in [5.74, 6) is 0.944. The molecule has 3 aromatic rings. The lowest BCUT2D eigenvalue weighted by Crippen LogP contribution is -2.34. The Morgan fingerprint density at radius 3 is 3.00 bits per heavy atom. The Bertz CT molecular complexity index is 1110. The molecule has 0 saturated carbocycles. The molecular formula is C21H25N5O3S. The smallest absolute Gasteiger partial charge is 0.274 e. The number of hydrogen-bond acceptors (Lipinski definition) is 7. The summed E-state index contributed by atoms with van der Waals surface area (Å²) in [4.78, 5) is 31.7. The van der Waals surface area contributed by atoms with Gasteiger partial charge in [-0.15, -0.1) is 5.10 Å². The number of piperidine rings is 1. The molecule has 0 radical (unpaired) electrons. The molecule has 8 nitrogen and oxygen atoms in total. The highest BCUT2D eigenvalue weighted by molar-refractivity contribution is 7.20. The fraction of sp³-hybridized carbons (Fsp3) is 0.429. The van der Waals surface area contributed by atoms with Crippen molar-refractivity contribution in [1.82, 2.24) is 19.9 Å². The van der Waals surface area contributed by atoms with Gasteiger partial charge >= 0.3 is 0 Å². The maximum Gasteiger partial charge on any atom is 0.274 e. The van der Waals surface area contributed by atoms with E-state index >= 15 is 0 Å². The molecule has 1 atom stereocenters. The number of amides is 1. The third-order valence-electron chi connectivity index (χ3n) is 5.12. The Hall–Kier alpha value is -2.94. The summed E-state index contributed by atoms with van der Waals surface area (Å²) < 4.78 is 7.09. The van der Waals surface area contributed by atoms with Crippen molar-refractivity contribution < 1.29 is 9.53 Å². The summed E-state index contributed by atoms with van der Waals surface area (Å²) in [5.41, 5.74) is 0.607. The number of carbonyl (C=O) groups is 1. The quantitative estimate of drug-likeness (QED) is 0.651. The zero-order valence-electron chi connectivity index (χ0n) is 17.1. The first kappa shape index (κ1) is 20.3. The van der Waals surface area contributed by atoms with Crippen molar-refractivity contribution in [3.63, 3.8) is 0 Å². The summed E-state index contributed by atoms with van der Waals surface area (Å²) in [7, 11) is 0. The lowest BCUT2D eigenvalue weighted by Gasteiger charge is -2.30. The molecule has 0 spiro atoms. The van der Waals surface area contributed by atoms with Gasteiger partial charge in [-0.2, -0.15) is 9.50 Å². The molecule has 2 aromatic heterocycles. The van der Waals surface area contributed by atoms with Crippen LogP contribution in [0.5, 0.6) is 5.75 Å². The van der Waals surface area contributed by atoms with Crippen LogP contribution in [0.3, 0.4) is 0 Å². The number of nitrogens with one attached hydrogen (secondary N) is 1. The predicted octanol–water partition coefficient (Wildman–Crippen LogP) is 2.72. The van der Waals surface area contributed by atoms with Crippen LogP contribution >= 0.6 is 11.3 Å². The lowest BCUT2D eigenvalue weighted by molar-refractivity contribution is 0.0943. The zero-order chi connectivity index (χ0) is 21.1. The molecule has 9 heteroatoms. The number of para-hydroxylation sites is 1. The molecule has 4 rings (SSSR count). The molecular weight excluding hydrogens is 402 g/mol. The van der Waals surface area contributed by atoms with Crippen molar-refractivity contribution in [3.8, 4) is 5.75 Å². The number of carbonyl (C=O) groups excluding carboxylic acids is 1.